The Morgan fingerprint density at radius 1 is 1.07 bits per heavy atom. The van der Waals surface area contributed by atoms with Crippen molar-refractivity contribution >= 4 is 27.4 Å². The normalized spacial score (nSPS) is 15.6. The van der Waals surface area contributed by atoms with E-state index in [1.165, 1.54) is 12.1 Å². The molecule has 1 heterocycles. The highest BCUT2D eigenvalue weighted by molar-refractivity contribution is 7.92. The van der Waals surface area contributed by atoms with Gasteiger partial charge in [-0.2, -0.15) is 0 Å². The molecule has 1 aliphatic rings. The molecule has 1 fully saturated rings. The Bertz CT molecular complexity index is 951. The second-order valence-electron chi connectivity index (χ2n) is 6.75. The molecule has 0 spiro atoms. The van der Waals surface area contributed by atoms with Gasteiger partial charge in [-0.15, -0.1) is 0 Å². The van der Waals surface area contributed by atoms with Crippen LogP contribution >= 0.6 is 0 Å². The van der Waals surface area contributed by atoms with Crippen LogP contribution in [0.15, 0.2) is 47.4 Å². The predicted octanol–water partition coefficient (Wildman–Crippen LogP) is 2.25. The second-order valence-corrected chi connectivity index (χ2v) is 8.43. The molecule has 0 amide bonds. The van der Waals surface area contributed by atoms with Gasteiger partial charge in [0, 0.05) is 31.9 Å². The Balaban J connectivity index is 1.89. The van der Waals surface area contributed by atoms with E-state index in [4.69, 9.17) is 0 Å². The van der Waals surface area contributed by atoms with Gasteiger partial charge in [0.15, 0.2) is 0 Å². The number of aryl methyl sites for hydroxylation is 1. The number of hydrogen-bond donors (Lipinski definition) is 2. The summed E-state index contributed by atoms with van der Waals surface area (Å²) in [5.41, 5.74) is 1.75. The molecule has 8 heteroatoms. The number of anilines is 2. The lowest BCUT2D eigenvalue weighted by molar-refractivity contribution is 0.0697. The van der Waals surface area contributed by atoms with E-state index in [-0.39, 0.29) is 16.1 Å². The van der Waals surface area contributed by atoms with Crippen molar-refractivity contribution in [3.05, 3.63) is 53.6 Å². The summed E-state index contributed by atoms with van der Waals surface area (Å²) < 4.78 is 27.6. The van der Waals surface area contributed by atoms with Crippen molar-refractivity contribution in [1.82, 2.24) is 4.90 Å². The number of nitrogens with one attached hydrogen (secondary N) is 1. The van der Waals surface area contributed by atoms with Gasteiger partial charge in [-0.1, -0.05) is 12.1 Å². The van der Waals surface area contributed by atoms with Gasteiger partial charge in [0.05, 0.1) is 16.1 Å². The molecular weight excluding hydrogens is 366 g/mol. The minimum atomic E-state index is -3.79. The zero-order valence-electron chi connectivity index (χ0n) is 15.3. The van der Waals surface area contributed by atoms with E-state index in [1.54, 1.807) is 24.3 Å². The first-order valence-corrected chi connectivity index (χ1v) is 10.1. The van der Waals surface area contributed by atoms with Crippen molar-refractivity contribution in [2.45, 2.75) is 11.8 Å². The summed E-state index contributed by atoms with van der Waals surface area (Å²) in [7, 11) is -1.76. The number of aromatic carboxylic acids is 1. The summed E-state index contributed by atoms with van der Waals surface area (Å²) in [5, 5.41) is 9.61. The zero-order chi connectivity index (χ0) is 19.6. The smallest absolute Gasteiger partial charge is 0.337 e. The Morgan fingerprint density at radius 2 is 1.78 bits per heavy atom. The Hall–Kier alpha value is -2.58. The molecule has 1 aliphatic heterocycles. The molecular formula is C19H23N3O4S. The van der Waals surface area contributed by atoms with E-state index < -0.39 is 16.0 Å². The second kappa shape index (κ2) is 7.58. The molecule has 7 nitrogen and oxygen atoms in total. The quantitative estimate of drug-likeness (QED) is 0.815. The molecule has 0 unspecified atom stereocenters. The summed E-state index contributed by atoms with van der Waals surface area (Å²) >= 11 is 0. The number of nitrogens with zero attached hydrogens (tertiary/aromatic N) is 2. The summed E-state index contributed by atoms with van der Waals surface area (Å²) in [6, 6.07) is 11.2. The standard InChI is InChI=1S/C19H23N3O4S/c1-14-4-3-5-16(12-14)27(25,26)20-15-6-7-18(17(13-15)19(23)24)22-10-8-21(2)9-11-22/h3-7,12-13,20H,8-11H2,1-2H3,(H,23,24). The highest BCUT2D eigenvalue weighted by Crippen LogP contribution is 2.27. The molecule has 2 aromatic rings. The molecule has 144 valence electrons. The van der Waals surface area contributed by atoms with Gasteiger partial charge in [-0.3, -0.25) is 4.72 Å². The molecule has 2 N–H and O–H groups in total. The monoisotopic (exact) mass is 389 g/mol. The van der Waals surface area contributed by atoms with E-state index >= 15 is 0 Å². The molecule has 1 saturated heterocycles. The van der Waals surface area contributed by atoms with Gasteiger partial charge in [0.25, 0.3) is 10.0 Å². The lowest BCUT2D eigenvalue weighted by Gasteiger charge is -2.34. The van der Waals surface area contributed by atoms with Crippen molar-refractivity contribution in [2.24, 2.45) is 0 Å². The third kappa shape index (κ3) is 4.40. The topological polar surface area (TPSA) is 90.0 Å². The number of benzene rings is 2. The molecule has 0 aromatic heterocycles. The number of carboxylic acids is 1. The molecule has 0 atom stereocenters. The number of likely N-dealkylation sites (N-methyl/N-ethyl adjacent to an activating group) is 1. The number of carboxylic acid groups (broad SMARTS) is 1. The van der Waals surface area contributed by atoms with Crippen LogP contribution in [0.1, 0.15) is 15.9 Å². The fourth-order valence-corrected chi connectivity index (χ4v) is 4.24. The van der Waals surface area contributed by atoms with Crippen LogP contribution in [0.3, 0.4) is 0 Å². The molecule has 2 aromatic carbocycles. The van der Waals surface area contributed by atoms with Crippen LogP contribution in [0.25, 0.3) is 0 Å². The fraction of sp³-hybridized carbons (Fsp3) is 0.316. The third-order valence-corrected chi connectivity index (χ3v) is 6.00. The van der Waals surface area contributed by atoms with Crippen LogP contribution < -0.4 is 9.62 Å². The van der Waals surface area contributed by atoms with Crippen LogP contribution in [-0.4, -0.2) is 57.6 Å². The third-order valence-electron chi connectivity index (χ3n) is 4.62. The largest absolute Gasteiger partial charge is 0.478 e. The van der Waals surface area contributed by atoms with Crippen LogP contribution in [-0.2, 0) is 10.0 Å². The lowest BCUT2D eigenvalue weighted by Crippen LogP contribution is -2.45. The molecule has 3 rings (SSSR count). The van der Waals surface area contributed by atoms with Gasteiger partial charge >= 0.3 is 5.97 Å². The van der Waals surface area contributed by atoms with Crippen molar-refractivity contribution in [1.29, 1.82) is 0 Å². The van der Waals surface area contributed by atoms with Gasteiger partial charge in [-0.25, -0.2) is 13.2 Å². The summed E-state index contributed by atoms with van der Waals surface area (Å²) in [4.78, 5) is 16.1. The van der Waals surface area contributed by atoms with E-state index in [9.17, 15) is 18.3 Å². The maximum atomic E-state index is 12.6. The summed E-state index contributed by atoms with van der Waals surface area (Å²) in [6.45, 7) is 4.96. The van der Waals surface area contributed by atoms with Gasteiger partial charge < -0.3 is 14.9 Å². The first-order valence-electron chi connectivity index (χ1n) is 8.66. The Morgan fingerprint density at radius 3 is 2.41 bits per heavy atom. The van der Waals surface area contributed by atoms with Crippen molar-refractivity contribution in [2.75, 3.05) is 42.8 Å². The predicted molar refractivity (Wildman–Crippen MR) is 105 cm³/mol. The molecule has 27 heavy (non-hydrogen) atoms. The maximum absolute atomic E-state index is 12.6. The Kier molecular flexibility index (Phi) is 5.38. The van der Waals surface area contributed by atoms with Gasteiger partial charge in [-0.05, 0) is 49.9 Å². The van der Waals surface area contributed by atoms with Crippen LogP contribution in [0.4, 0.5) is 11.4 Å². The van der Waals surface area contributed by atoms with Crippen LogP contribution in [0.5, 0.6) is 0 Å². The first-order chi connectivity index (χ1) is 12.8. The maximum Gasteiger partial charge on any atom is 0.337 e. The average Bonchev–Trinajstić information content (AvgIpc) is 2.62. The minimum absolute atomic E-state index is 0.0870. The first kappa shape index (κ1) is 19.2. The highest BCUT2D eigenvalue weighted by atomic mass is 32.2. The number of carbonyl (C=O) groups is 1. The summed E-state index contributed by atoms with van der Waals surface area (Å²) in [6.07, 6.45) is 0. The number of sulfonamides is 1. The van der Waals surface area contributed by atoms with Crippen LogP contribution in [0.2, 0.25) is 0 Å². The van der Waals surface area contributed by atoms with E-state index in [0.717, 1.165) is 31.7 Å². The van der Waals surface area contributed by atoms with Gasteiger partial charge in [0.1, 0.15) is 0 Å². The SMILES string of the molecule is Cc1cccc(S(=O)(=O)Nc2ccc(N3CCN(C)CC3)c(C(=O)O)c2)c1. The average molecular weight is 389 g/mol. The van der Waals surface area contributed by atoms with Crippen molar-refractivity contribution < 1.29 is 18.3 Å². The van der Waals surface area contributed by atoms with Gasteiger partial charge in [0.2, 0.25) is 0 Å². The highest BCUT2D eigenvalue weighted by Gasteiger charge is 2.22. The Labute approximate surface area is 159 Å². The van der Waals surface area contributed by atoms with Crippen LogP contribution in [0, 0.1) is 6.92 Å². The number of rotatable bonds is 5. The van der Waals surface area contributed by atoms with E-state index in [0.29, 0.717) is 5.69 Å². The number of hydrogen-bond acceptors (Lipinski definition) is 5. The fourth-order valence-electron chi connectivity index (χ4n) is 3.09. The number of piperazine rings is 1. The lowest BCUT2D eigenvalue weighted by atomic mass is 10.1. The molecule has 0 radical (unpaired) electrons. The van der Waals surface area contributed by atoms with E-state index in [2.05, 4.69) is 9.62 Å². The van der Waals surface area contributed by atoms with Crippen molar-refractivity contribution in [3.63, 3.8) is 0 Å². The minimum Gasteiger partial charge on any atom is -0.478 e. The molecule has 0 aliphatic carbocycles. The molecule has 0 bridgehead atoms. The molecule has 0 saturated carbocycles. The van der Waals surface area contributed by atoms with Crippen molar-refractivity contribution in [3.8, 4) is 0 Å². The summed E-state index contributed by atoms with van der Waals surface area (Å²) in [5.74, 6) is -1.08. The zero-order valence-corrected chi connectivity index (χ0v) is 16.2. The van der Waals surface area contributed by atoms with E-state index in [1.807, 2.05) is 24.9 Å².